The van der Waals surface area contributed by atoms with Crippen molar-refractivity contribution in [3.8, 4) is 0 Å². The Morgan fingerprint density at radius 3 is 2.86 bits per heavy atom. The number of amides is 1. The third-order valence-electron chi connectivity index (χ3n) is 1.94. The van der Waals surface area contributed by atoms with E-state index in [1.165, 1.54) is 11.3 Å². The van der Waals surface area contributed by atoms with Crippen LogP contribution in [0.3, 0.4) is 0 Å². The molecule has 0 aliphatic heterocycles. The van der Waals surface area contributed by atoms with Gasteiger partial charge in [0.2, 0.25) is 0 Å². The normalized spacial score (nSPS) is 10.1. The number of thiophene rings is 1. The van der Waals surface area contributed by atoms with Gasteiger partial charge in [-0.2, -0.15) is 0 Å². The minimum absolute atomic E-state index is 0.0553. The monoisotopic (exact) mass is 212 g/mol. The Morgan fingerprint density at radius 1 is 1.64 bits per heavy atom. The molecule has 0 aliphatic rings. The zero-order chi connectivity index (χ0) is 10.6. The molecule has 0 spiro atoms. The lowest BCUT2D eigenvalue weighted by molar-refractivity contribution is 0.0954. The van der Waals surface area contributed by atoms with E-state index in [0.717, 1.165) is 24.3 Å². The van der Waals surface area contributed by atoms with Crippen molar-refractivity contribution in [2.24, 2.45) is 0 Å². The number of nitrogen functional groups attached to an aromatic ring is 1. The van der Waals surface area contributed by atoms with Gasteiger partial charge in [0.25, 0.3) is 5.91 Å². The van der Waals surface area contributed by atoms with Crippen molar-refractivity contribution >= 4 is 22.2 Å². The highest BCUT2D eigenvalue weighted by molar-refractivity contribution is 7.16. The van der Waals surface area contributed by atoms with Crippen molar-refractivity contribution in [2.75, 3.05) is 12.3 Å². The van der Waals surface area contributed by atoms with Gasteiger partial charge in [-0.15, -0.1) is 11.3 Å². The Bertz CT molecular complexity index is 320. The Morgan fingerprint density at radius 2 is 2.36 bits per heavy atom. The second-order valence-corrected chi connectivity index (χ2v) is 4.53. The SMILES string of the molecule is CCCCNC(=O)c1cc(C)sc1N. The molecule has 0 radical (unpaired) electrons. The number of carbonyl (C=O) groups is 1. The molecule has 14 heavy (non-hydrogen) atoms. The summed E-state index contributed by atoms with van der Waals surface area (Å²) in [6.07, 6.45) is 2.09. The molecule has 0 fully saturated rings. The van der Waals surface area contributed by atoms with Crippen LogP contribution >= 0.6 is 11.3 Å². The number of hydrogen-bond donors (Lipinski definition) is 2. The van der Waals surface area contributed by atoms with Gasteiger partial charge < -0.3 is 11.1 Å². The number of anilines is 1. The minimum Gasteiger partial charge on any atom is -0.390 e. The van der Waals surface area contributed by atoms with Gasteiger partial charge in [-0.25, -0.2) is 0 Å². The maximum absolute atomic E-state index is 11.6. The molecule has 1 amide bonds. The van der Waals surface area contributed by atoms with E-state index in [1.54, 1.807) is 0 Å². The van der Waals surface area contributed by atoms with Crippen LogP contribution in [0.5, 0.6) is 0 Å². The summed E-state index contributed by atoms with van der Waals surface area (Å²) in [5.74, 6) is -0.0553. The largest absolute Gasteiger partial charge is 0.390 e. The van der Waals surface area contributed by atoms with Gasteiger partial charge >= 0.3 is 0 Å². The third kappa shape index (κ3) is 2.73. The van der Waals surface area contributed by atoms with Crippen molar-refractivity contribution in [1.82, 2.24) is 5.32 Å². The van der Waals surface area contributed by atoms with Gasteiger partial charge in [-0.1, -0.05) is 13.3 Å². The molecule has 3 N–H and O–H groups in total. The highest BCUT2D eigenvalue weighted by Gasteiger charge is 2.11. The predicted octanol–water partition coefficient (Wildman–Crippen LogP) is 2.17. The van der Waals surface area contributed by atoms with Crippen LogP contribution in [0.15, 0.2) is 6.07 Å². The van der Waals surface area contributed by atoms with E-state index < -0.39 is 0 Å². The maximum Gasteiger partial charge on any atom is 0.254 e. The lowest BCUT2D eigenvalue weighted by Crippen LogP contribution is -2.24. The summed E-state index contributed by atoms with van der Waals surface area (Å²) in [7, 11) is 0. The summed E-state index contributed by atoms with van der Waals surface area (Å²) in [5.41, 5.74) is 6.32. The summed E-state index contributed by atoms with van der Waals surface area (Å²) in [6, 6.07) is 1.83. The molecule has 1 heterocycles. The predicted molar refractivity (Wildman–Crippen MR) is 60.7 cm³/mol. The maximum atomic E-state index is 11.6. The topological polar surface area (TPSA) is 55.1 Å². The highest BCUT2D eigenvalue weighted by atomic mass is 32.1. The molecule has 1 aromatic heterocycles. The first-order valence-corrected chi connectivity index (χ1v) is 5.61. The van der Waals surface area contributed by atoms with Crippen LogP contribution < -0.4 is 11.1 Å². The zero-order valence-corrected chi connectivity index (χ0v) is 9.41. The van der Waals surface area contributed by atoms with Crippen LogP contribution in [0, 0.1) is 6.92 Å². The number of aryl methyl sites for hydroxylation is 1. The first kappa shape index (κ1) is 11.0. The van der Waals surface area contributed by atoms with E-state index in [0.29, 0.717) is 10.6 Å². The van der Waals surface area contributed by atoms with E-state index >= 15 is 0 Å². The van der Waals surface area contributed by atoms with E-state index in [2.05, 4.69) is 12.2 Å². The van der Waals surface area contributed by atoms with Crippen molar-refractivity contribution < 1.29 is 4.79 Å². The van der Waals surface area contributed by atoms with Crippen molar-refractivity contribution in [2.45, 2.75) is 26.7 Å². The highest BCUT2D eigenvalue weighted by Crippen LogP contribution is 2.23. The molecule has 1 aromatic rings. The van der Waals surface area contributed by atoms with Gasteiger partial charge in [-0.3, -0.25) is 4.79 Å². The van der Waals surface area contributed by atoms with E-state index in [9.17, 15) is 4.79 Å². The fourth-order valence-corrected chi connectivity index (χ4v) is 1.97. The van der Waals surface area contributed by atoms with Crippen LogP contribution in [0.1, 0.15) is 35.0 Å². The second kappa shape index (κ2) is 5.00. The Balaban J connectivity index is 2.56. The van der Waals surface area contributed by atoms with Crippen molar-refractivity contribution in [3.05, 3.63) is 16.5 Å². The molecule has 4 heteroatoms. The van der Waals surface area contributed by atoms with E-state index in [1.807, 2.05) is 13.0 Å². The fourth-order valence-electron chi connectivity index (χ4n) is 1.18. The number of nitrogens with two attached hydrogens (primary N) is 1. The Hall–Kier alpha value is -1.03. The molecule has 0 saturated heterocycles. The van der Waals surface area contributed by atoms with Gasteiger partial charge in [0.15, 0.2) is 0 Å². The molecule has 0 saturated carbocycles. The molecule has 1 rings (SSSR count). The summed E-state index contributed by atoms with van der Waals surface area (Å²) in [6.45, 7) is 4.77. The second-order valence-electron chi connectivity index (χ2n) is 3.24. The average molecular weight is 212 g/mol. The van der Waals surface area contributed by atoms with Crippen LogP contribution in [-0.2, 0) is 0 Å². The van der Waals surface area contributed by atoms with Gasteiger partial charge in [0, 0.05) is 11.4 Å². The molecule has 0 unspecified atom stereocenters. The Kier molecular flexibility index (Phi) is 3.95. The molecule has 0 aliphatic carbocycles. The van der Waals surface area contributed by atoms with Gasteiger partial charge in [-0.05, 0) is 19.4 Å². The first-order chi connectivity index (χ1) is 6.65. The number of nitrogens with one attached hydrogen (secondary N) is 1. The summed E-state index contributed by atoms with van der Waals surface area (Å²) in [4.78, 5) is 12.6. The van der Waals surface area contributed by atoms with Crippen molar-refractivity contribution in [3.63, 3.8) is 0 Å². The number of carbonyl (C=O) groups excluding carboxylic acids is 1. The van der Waals surface area contributed by atoms with Crippen LogP contribution in [0.25, 0.3) is 0 Å². The summed E-state index contributed by atoms with van der Waals surface area (Å²) in [5, 5.41) is 3.45. The molecule has 0 bridgehead atoms. The zero-order valence-electron chi connectivity index (χ0n) is 8.59. The summed E-state index contributed by atoms with van der Waals surface area (Å²) < 4.78 is 0. The van der Waals surface area contributed by atoms with Gasteiger partial charge in [0.1, 0.15) is 0 Å². The van der Waals surface area contributed by atoms with Crippen LogP contribution in [-0.4, -0.2) is 12.5 Å². The molecular formula is C10H16N2OS. The molecular weight excluding hydrogens is 196 g/mol. The lowest BCUT2D eigenvalue weighted by Gasteiger charge is -2.02. The average Bonchev–Trinajstić information content (AvgIpc) is 2.45. The van der Waals surface area contributed by atoms with E-state index in [4.69, 9.17) is 5.73 Å². The van der Waals surface area contributed by atoms with Crippen LogP contribution in [0.4, 0.5) is 5.00 Å². The fraction of sp³-hybridized carbons (Fsp3) is 0.500. The third-order valence-corrected chi connectivity index (χ3v) is 2.82. The Labute approximate surface area is 88.3 Å². The smallest absolute Gasteiger partial charge is 0.254 e. The molecule has 0 aromatic carbocycles. The number of unbranched alkanes of at least 4 members (excludes halogenated alkanes) is 1. The molecule has 3 nitrogen and oxygen atoms in total. The standard InChI is InChI=1S/C10H16N2OS/c1-3-4-5-12-10(13)8-6-7(2)14-9(8)11/h6H,3-5,11H2,1-2H3,(H,12,13). The lowest BCUT2D eigenvalue weighted by atomic mass is 10.2. The molecule has 78 valence electrons. The quantitative estimate of drug-likeness (QED) is 0.751. The van der Waals surface area contributed by atoms with Crippen molar-refractivity contribution in [1.29, 1.82) is 0 Å². The minimum atomic E-state index is -0.0553. The van der Waals surface area contributed by atoms with Crippen LogP contribution in [0.2, 0.25) is 0 Å². The van der Waals surface area contributed by atoms with E-state index in [-0.39, 0.29) is 5.91 Å². The number of hydrogen-bond acceptors (Lipinski definition) is 3. The van der Waals surface area contributed by atoms with Gasteiger partial charge in [0.05, 0.1) is 10.6 Å². The molecule has 0 atom stereocenters. The number of rotatable bonds is 4. The first-order valence-electron chi connectivity index (χ1n) is 4.79. The summed E-state index contributed by atoms with van der Waals surface area (Å²) >= 11 is 1.45.